The summed E-state index contributed by atoms with van der Waals surface area (Å²) in [4.78, 5) is 0. The van der Waals surface area contributed by atoms with E-state index < -0.39 is 6.10 Å². The summed E-state index contributed by atoms with van der Waals surface area (Å²) in [5.41, 5.74) is 0.873. The Balaban J connectivity index is 1.86. The maximum absolute atomic E-state index is 10.4. The number of aliphatic hydroxyl groups is 1. The third kappa shape index (κ3) is 2.09. The van der Waals surface area contributed by atoms with Crippen molar-refractivity contribution in [3.05, 3.63) is 36.1 Å². The molecule has 2 heteroatoms. The molecule has 0 aliphatic heterocycles. The fourth-order valence-electron chi connectivity index (χ4n) is 2.83. The minimum Gasteiger partial charge on any atom is -0.458 e. The summed E-state index contributed by atoms with van der Waals surface area (Å²) in [5, 5.41) is 11.4. The largest absolute Gasteiger partial charge is 0.458 e. The second kappa shape index (κ2) is 4.53. The number of hydrogen-bond donors (Lipinski definition) is 1. The van der Waals surface area contributed by atoms with Crippen molar-refractivity contribution in [2.24, 2.45) is 5.92 Å². The zero-order chi connectivity index (χ0) is 11.7. The topological polar surface area (TPSA) is 33.4 Å². The van der Waals surface area contributed by atoms with Crippen molar-refractivity contribution in [3.8, 4) is 0 Å². The fourth-order valence-corrected chi connectivity index (χ4v) is 2.83. The van der Waals surface area contributed by atoms with Crippen LogP contribution in [0, 0.1) is 5.92 Å². The normalized spacial score (nSPS) is 19.6. The second-order valence-corrected chi connectivity index (χ2v) is 5.03. The van der Waals surface area contributed by atoms with Crippen LogP contribution >= 0.6 is 0 Å². The molecule has 0 spiro atoms. The zero-order valence-corrected chi connectivity index (χ0v) is 9.93. The van der Waals surface area contributed by atoms with Gasteiger partial charge < -0.3 is 9.52 Å². The molecule has 17 heavy (non-hydrogen) atoms. The smallest absolute Gasteiger partial charge is 0.134 e. The van der Waals surface area contributed by atoms with Crippen molar-refractivity contribution in [3.63, 3.8) is 0 Å². The van der Waals surface area contributed by atoms with E-state index in [0.29, 0.717) is 5.92 Å². The standard InChI is InChI=1S/C15H18O2/c16-15(11-6-2-1-3-7-11)14-10-12-8-4-5-9-13(12)17-14/h4-5,8-11,15-16H,1-3,6-7H2. The first-order valence-electron chi connectivity index (χ1n) is 6.51. The van der Waals surface area contributed by atoms with Crippen LogP contribution in [0.15, 0.2) is 34.7 Å². The molecule has 0 amide bonds. The molecule has 0 saturated heterocycles. The molecule has 0 radical (unpaired) electrons. The van der Waals surface area contributed by atoms with Crippen molar-refractivity contribution < 1.29 is 9.52 Å². The van der Waals surface area contributed by atoms with Crippen LogP contribution in [0.4, 0.5) is 0 Å². The molecule has 1 aliphatic carbocycles. The summed E-state index contributed by atoms with van der Waals surface area (Å²) in [5.74, 6) is 1.11. The van der Waals surface area contributed by atoms with Gasteiger partial charge in [0.2, 0.25) is 0 Å². The summed E-state index contributed by atoms with van der Waals surface area (Å²) < 4.78 is 5.73. The first-order valence-corrected chi connectivity index (χ1v) is 6.51. The zero-order valence-electron chi connectivity index (χ0n) is 9.93. The molecule has 2 nitrogen and oxygen atoms in total. The van der Waals surface area contributed by atoms with E-state index in [1.807, 2.05) is 30.3 Å². The molecule has 2 aromatic rings. The van der Waals surface area contributed by atoms with Gasteiger partial charge in [-0.3, -0.25) is 0 Å². The average molecular weight is 230 g/mol. The van der Waals surface area contributed by atoms with E-state index in [9.17, 15) is 5.11 Å². The Morgan fingerprint density at radius 3 is 2.65 bits per heavy atom. The number of para-hydroxylation sites is 1. The van der Waals surface area contributed by atoms with E-state index >= 15 is 0 Å². The van der Waals surface area contributed by atoms with Crippen LogP contribution in [-0.4, -0.2) is 5.11 Å². The Bertz CT molecular complexity index is 461. The lowest BCUT2D eigenvalue weighted by atomic mass is 9.84. The quantitative estimate of drug-likeness (QED) is 0.844. The van der Waals surface area contributed by atoms with Gasteiger partial charge in [0.15, 0.2) is 0 Å². The Morgan fingerprint density at radius 1 is 1.12 bits per heavy atom. The van der Waals surface area contributed by atoms with Crippen LogP contribution in [0.2, 0.25) is 0 Å². The summed E-state index contributed by atoms with van der Waals surface area (Å²) in [7, 11) is 0. The predicted octanol–water partition coefficient (Wildman–Crippen LogP) is 4.05. The summed E-state index contributed by atoms with van der Waals surface area (Å²) in [6.45, 7) is 0. The summed E-state index contributed by atoms with van der Waals surface area (Å²) in [6, 6.07) is 9.91. The van der Waals surface area contributed by atoms with E-state index in [2.05, 4.69) is 0 Å². The highest BCUT2D eigenvalue weighted by Crippen LogP contribution is 2.36. The third-order valence-electron chi connectivity index (χ3n) is 3.83. The van der Waals surface area contributed by atoms with Gasteiger partial charge in [0.25, 0.3) is 0 Å². The minimum atomic E-state index is -0.428. The van der Waals surface area contributed by atoms with E-state index in [0.717, 1.165) is 29.6 Å². The van der Waals surface area contributed by atoms with E-state index in [4.69, 9.17) is 4.42 Å². The van der Waals surface area contributed by atoms with Crippen LogP contribution in [0.1, 0.15) is 44.0 Å². The molecule has 1 aromatic heterocycles. The minimum absolute atomic E-state index is 0.379. The molecule has 1 atom stereocenters. The van der Waals surface area contributed by atoms with E-state index in [1.165, 1.54) is 19.3 Å². The average Bonchev–Trinajstić information content (AvgIpc) is 2.82. The van der Waals surface area contributed by atoms with Gasteiger partial charge in [-0.25, -0.2) is 0 Å². The van der Waals surface area contributed by atoms with Gasteiger partial charge in [-0.1, -0.05) is 37.5 Å². The molecule has 1 N–H and O–H groups in total. The highest BCUT2D eigenvalue weighted by molar-refractivity contribution is 5.77. The van der Waals surface area contributed by atoms with Gasteiger partial charge in [-0.05, 0) is 30.9 Å². The predicted molar refractivity (Wildman–Crippen MR) is 67.7 cm³/mol. The molecule has 1 aliphatic rings. The molecule has 1 unspecified atom stereocenters. The number of benzene rings is 1. The molecule has 1 heterocycles. The van der Waals surface area contributed by atoms with Crippen LogP contribution in [-0.2, 0) is 0 Å². The van der Waals surface area contributed by atoms with E-state index in [-0.39, 0.29) is 0 Å². The van der Waals surface area contributed by atoms with Crippen molar-refractivity contribution >= 4 is 11.0 Å². The first-order chi connectivity index (χ1) is 8.34. The summed E-state index contributed by atoms with van der Waals surface area (Å²) >= 11 is 0. The van der Waals surface area contributed by atoms with Gasteiger partial charge in [-0.2, -0.15) is 0 Å². The lowest BCUT2D eigenvalue weighted by molar-refractivity contribution is 0.0668. The van der Waals surface area contributed by atoms with Crippen molar-refractivity contribution in [1.82, 2.24) is 0 Å². The third-order valence-corrected chi connectivity index (χ3v) is 3.83. The molecular formula is C15H18O2. The van der Waals surface area contributed by atoms with Gasteiger partial charge >= 0.3 is 0 Å². The fraction of sp³-hybridized carbons (Fsp3) is 0.467. The molecule has 1 saturated carbocycles. The van der Waals surface area contributed by atoms with Gasteiger partial charge in [-0.15, -0.1) is 0 Å². The van der Waals surface area contributed by atoms with Gasteiger partial charge in [0, 0.05) is 5.39 Å². The molecule has 0 bridgehead atoms. The Labute approximate surface area is 101 Å². The second-order valence-electron chi connectivity index (χ2n) is 5.03. The Hall–Kier alpha value is -1.28. The van der Waals surface area contributed by atoms with E-state index in [1.54, 1.807) is 0 Å². The highest BCUT2D eigenvalue weighted by Gasteiger charge is 2.25. The molecule has 1 aromatic carbocycles. The number of fused-ring (bicyclic) bond motifs is 1. The monoisotopic (exact) mass is 230 g/mol. The Kier molecular flexibility index (Phi) is 2.89. The number of rotatable bonds is 2. The summed E-state index contributed by atoms with van der Waals surface area (Å²) in [6.07, 6.45) is 5.60. The van der Waals surface area contributed by atoms with Crippen molar-refractivity contribution in [1.29, 1.82) is 0 Å². The van der Waals surface area contributed by atoms with Gasteiger partial charge in [0.05, 0.1) is 0 Å². The SMILES string of the molecule is OC(c1cc2ccccc2o1)C1CCCCC1. The Morgan fingerprint density at radius 2 is 1.88 bits per heavy atom. The number of furan rings is 1. The molecule has 90 valence electrons. The van der Waals surface area contributed by atoms with Crippen LogP contribution in [0.3, 0.4) is 0 Å². The maximum Gasteiger partial charge on any atom is 0.134 e. The van der Waals surface area contributed by atoms with Crippen molar-refractivity contribution in [2.45, 2.75) is 38.2 Å². The van der Waals surface area contributed by atoms with Gasteiger partial charge in [0.1, 0.15) is 17.4 Å². The maximum atomic E-state index is 10.4. The number of aliphatic hydroxyl groups excluding tert-OH is 1. The van der Waals surface area contributed by atoms with Crippen molar-refractivity contribution in [2.75, 3.05) is 0 Å². The first kappa shape index (κ1) is 10.8. The van der Waals surface area contributed by atoms with Crippen LogP contribution < -0.4 is 0 Å². The molecule has 1 fully saturated rings. The number of hydrogen-bond acceptors (Lipinski definition) is 2. The highest BCUT2D eigenvalue weighted by atomic mass is 16.4. The van der Waals surface area contributed by atoms with Crippen LogP contribution in [0.25, 0.3) is 11.0 Å². The lowest BCUT2D eigenvalue weighted by Crippen LogP contribution is -2.15. The van der Waals surface area contributed by atoms with Crippen LogP contribution in [0.5, 0.6) is 0 Å². The lowest BCUT2D eigenvalue weighted by Gasteiger charge is -2.25. The molecule has 3 rings (SSSR count). The molecular weight excluding hydrogens is 212 g/mol.